The Morgan fingerprint density at radius 2 is 1.92 bits per heavy atom. The van der Waals surface area contributed by atoms with E-state index in [4.69, 9.17) is 16.3 Å². The van der Waals surface area contributed by atoms with Crippen molar-refractivity contribution in [3.63, 3.8) is 0 Å². The van der Waals surface area contributed by atoms with Crippen LogP contribution in [0.15, 0.2) is 29.8 Å². The molecular formula is C20H19ClO3. The fourth-order valence-corrected chi connectivity index (χ4v) is 3.47. The summed E-state index contributed by atoms with van der Waals surface area (Å²) >= 11 is 6.03. The number of carbonyl (C=O) groups is 1. The molecule has 0 aromatic heterocycles. The Hall–Kier alpha value is -2.26. The zero-order valence-corrected chi connectivity index (χ0v) is 14.7. The number of hydrogen-bond acceptors (Lipinski definition) is 3. The third kappa shape index (κ3) is 2.92. The molecule has 0 radical (unpaired) electrons. The number of allylic oxidation sites excluding steroid dienone is 1. The lowest BCUT2D eigenvalue weighted by Gasteiger charge is -2.20. The number of rotatable bonds is 2. The molecule has 0 amide bonds. The number of phenols is 1. The van der Waals surface area contributed by atoms with E-state index in [1.54, 1.807) is 12.1 Å². The van der Waals surface area contributed by atoms with E-state index in [9.17, 15) is 9.90 Å². The van der Waals surface area contributed by atoms with Crippen LogP contribution in [0.5, 0.6) is 11.5 Å². The Bertz CT molecular complexity index is 866. The van der Waals surface area contributed by atoms with Gasteiger partial charge < -0.3 is 9.84 Å². The number of hydrogen-bond donors (Lipinski definition) is 1. The molecule has 0 unspecified atom stereocenters. The Morgan fingerprint density at radius 1 is 1.17 bits per heavy atom. The highest BCUT2D eigenvalue weighted by Gasteiger charge is 2.23. The molecule has 0 saturated carbocycles. The molecule has 2 aromatic rings. The smallest absolute Gasteiger partial charge is 0.189 e. The SMILES string of the molecule is COc1cc(/C=C2/CCc3c(C)cc(C)cc3C2=O)cc(Cl)c1O. The van der Waals surface area contributed by atoms with E-state index in [-0.39, 0.29) is 16.6 Å². The summed E-state index contributed by atoms with van der Waals surface area (Å²) in [6.45, 7) is 4.06. The summed E-state index contributed by atoms with van der Waals surface area (Å²) in [5, 5.41) is 10.0. The number of methoxy groups -OCH3 is 1. The minimum Gasteiger partial charge on any atom is -0.503 e. The number of fused-ring (bicyclic) bond motifs is 1. The third-order valence-electron chi connectivity index (χ3n) is 4.41. The van der Waals surface area contributed by atoms with Gasteiger partial charge in [-0.2, -0.15) is 0 Å². The van der Waals surface area contributed by atoms with Gasteiger partial charge in [-0.3, -0.25) is 4.79 Å². The fraction of sp³-hybridized carbons (Fsp3) is 0.250. The predicted molar refractivity (Wildman–Crippen MR) is 96.2 cm³/mol. The summed E-state index contributed by atoms with van der Waals surface area (Å²) in [5.41, 5.74) is 5.69. The molecule has 1 N–H and O–H groups in total. The topological polar surface area (TPSA) is 46.5 Å². The summed E-state index contributed by atoms with van der Waals surface area (Å²) in [5.74, 6) is 0.267. The number of halogens is 1. The van der Waals surface area contributed by atoms with Crippen LogP contribution in [0.25, 0.3) is 6.08 Å². The molecule has 4 heteroatoms. The van der Waals surface area contributed by atoms with Gasteiger partial charge in [0.15, 0.2) is 17.3 Å². The van der Waals surface area contributed by atoms with Crippen LogP contribution in [0.2, 0.25) is 5.02 Å². The summed E-state index contributed by atoms with van der Waals surface area (Å²) in [6.07, 6.45) is 3.37. The Morgan fingerprint density at radius 3 is 2.62 bits per heavy atom. The van der Waals surface area contributed by atoms with Gasteiger partial charge in [-0.05, 0) is 67.7 Å². The maximum Gasteiger partial charge on any atom is 0.189 e. The van der Waals surface area contributed by atoms with Crippen LogP contribution in [0.3, 0.4) is 0 Å². The Kier molecular flexibility index (Phi) is 4.37. The number of benzene rings is 2. The molecule has 1 aliphatic rings. The number of carbonyl (C=O) groups excluding carboxylic acids is 1. The van der Waals surface area contributed by atoms with Crippen LogP contribution in [0.1, 0.15) is 39.0 Å². The van der Waals surface area contributed by atoms with Crippen LogP contribution in [-0.2, 0) is 6.42 Å². The van der Waals surface area contributed by atoms with Gasteiger partial charge in [-0.15, -0.1) is 0 Å². The van der Waals surface area contributed by atoms with Gasteiger partial charge in [0.1, 0.15) is 0 Å². The number of aryl methyl sites for hydroxylation is 2. The van der Waals surface area contributed by atoms with Crippen LogP contribution < -0.4 is 4.74 Å². The second kappa shape index (κ2) is 6.33. The van der Waals surface area contributed by atoms with E-state index in [2.05, 4.69) is 13.0 Å². The molecule has 0 fully saturated rings. The minimum absolute atomic E-state index is 0.0613. The zero-order chi connectivity index (χ0) is 17.4. The first-order chi connectivity index (χ1) is 11.4. The summed E-state index contributed by atoms with van der Waals surface area (Å²) < 4.78 is 5.12. The first kappa shape index (κ1) is 16.6. The minimum atomic E-state index is -0.0899. The van der Waals surface area contributed by atoms with Crippen LogP contribution >= 0.6 is 11.6 Å². The number of aromatic hydroxyl groups is 1. The monoisotopic (exact) mass is 342 g/mol. The molecule has 0 heterocycles. The number of Topliss-reactive ketones (excluding diaryl/α,β-unsaturated/α-hetero) is 1. The molecule has 3 rings (SSSR count). The number of phenolic OH excluding ortho intramolecular Hbond substituents is 1. The second-order valence-corrected chi connectivity index (χ2v) is 6.57. The maximum atomic E-state index is 12.8. The van der Waals surface area contributed by atoms with E-state index < -0.39 is 0 Å². The number of ether oxygens (including phenoxy) is 1. The summed E-state index contributed by atoms with van der Waals surface area (Å²) in [4.78, 5) is 12.8. The van der Waals surface area contributed by atoms with E-state index >= 15 is 0 Å². The fourth-order valence-electron chi connectivity index (χ4n) is 3.25. The molecule has 3 nitrogen and oxygen atoms in total. The first-order valence-corrected chi connectivity index (χ1v) is 8.20. The van der Waals surface area contributed by atoms with Crippen molar-refractivity contribution in [2.45, 2.75) is 26.7 Å². The van der Waals surface area contributed by atoms with E-state index in [1.807, 2.05) is 19.1 Å². The van der Waals surface area contributed by atoms with Gasteiger partial charge in [0.2, 0.25) is 0 Å². The van der Waals surface area contributed by atoms with Gasteiger partial charge in [0.05, 0.1) is 12.1 Å². The average Bonchev–Trinajstić information content (AvgIpc) is 2.53. The molecule has 1 aliphatic carbocycles. The molecule has 24 heavy (non-hydrogen) atoms. The van der Waals surface area contributed by atoms with Crippen molar-refractivity contribution in [1.29, 1.82) is 0 Å². The van der Waals surface area contributed by atoms with Crippen molar-refractivity contribution in [3.05, 3.63) is 62.7 Å². The molecule has 0 bridgehead atoms. The van der Waals surface area contributed by atoms with Gasteiger partial charge in [0, 0.05) is 11.1 Å². The van der Waals surface area contributed by atoms with Gasteiger partial charge >= 0.3 is 0 Å². The molecular weight excluding hydrogens is 324 g/mol. The zero-order valence-electron chi connectivity index (χ0n) is 13.9. The Labute approximate surface area is 146 Å². The van der Waals surface area contributed by atoms with Crippen molar-refractivity contribution in [1.82, 2.24) is 0 Å². The highest BCUT2D eigenvalue weighted by atomic mass is 35.5. The Balaban J connectivity index is 2.04. The van der Waals surface area contributed by atoms with Crippen LogP contribution in [0, 0.1) is 13.8 Å². The molecule has 0 atom stereocenters. The van der Waals surface area contributed by atoms with E-state index in [0.29, 0.717) is 12.2 Å². The largest absolute Gasteiger partial charge is 0.503 e. The van der Waals surface area contributed by atoms with Crippen molar-refractivity contribution in [2.24, 2.45) is 0 Å². The van der Waals surface area contributed by atoms with Crippen molar-refractivity contribution < 1.29 is 14.6 Å². The molecule has 0 spiro atoms. The standard InChI is InChI=1S/C20H19ClO3/c1-11-6-12(2)15-5-4-14(19(22)16(15)7-11)8-13-9-17(21)20(23)18(10-13)24-3/h6-10,23H,4-5H2,1-3H3/b14-8-. The van der Waals surface area contributed by atoms with Crippen molar-refractivity contribution >= 4 is 23.5 Å². The average molecular weight is 343 g/mol. The first-order valence-electron chi connectivity index (χ1n) is 7.82. The van der Waals surface area contributed by atoms with Gasteiger partial charge in [-0.1, -0.05) is 23.2 Å². The van der Waals surface area contributed by atoms with E-state index in [1.165, 1.54) is 12.7 Å². The van der Waals surface area contributed by atoms with Gasteiger partial charge in [0.25, 0.3) is 0 Å². The lowest BCUT2D eigenvalue weighted by Crippen LogP contribution is -2.15. The maximum absolute atomic E-state index is 12.8. The summed E-state index contributed by atoms with van der Waals surface area (Å²) in [6, 6.07) is 7.39. The van der Waals surface area contributed by atoms with Crippen LogP contribution in [0.4, 0.5) is 0 Å². The molecule has 0 saturated heterocycles. The highest BCUT2D eigenvalue weighted by Crippen LogP contribution is 2.36. The third-order valence-corrected chi connectivity index (χ3v) is 4.70. The molecule has 124 valence electrons. The normalized spacial score (nSPS) is 15.5. The molecule has 0 aliphatic heterocycles. The van der Waals surface area contributed by atoms with Crippen molar-refractivity contribution in [2.75, 3.05) is 7.11 Å². The number of ketones is 1. The van der Waals surface area contributed by atoms with Gasteiger partial charge in [-0.25, -0.2) is 0 Å². The molecule has 2 aromatic carbocycles. The summed E-state index contributed by atoms with van der Waals surface area (Å²) in [7, 11) is 1.47. The lowest BCUT2D eigenvalue weighted by molar-refractivity contribution is 0.102. The van der Waals surface area contributed by atoms with Crippen molar-refractivity contribution in [3.8, 4) is 11.5 Å². The van der Waals surface area contributed by atoms with E-state index in [0.717, 1.165) is 34.2 Å². The quantitative estimate of drug-likeness (QED) is 0.791. The predicted octanol–water partition coefficient (Wildman–Crippen LogP) is 4.88. The highest BCUT2D eigenvalue weighted by molar-refractivity contribution is 6.32. The van der Waals surface area contributed by atoms with Crippen LogP contribution in [-0.4, -0.2) is 18.0 Å². The lowest BCUT2D eigenvalue weighted by atomic mass is 9.83. The second-order valence-electron chi connectivity index (χ2n) is 6.16.